The molecule has 2 amide bonds. The maximum atomic E-state index is 13.0. The molecule has 0 unspecified atom stereocenters. The normalized spacial score (nSPS) is 14.8. The molecule has 26 heavy (non-hydrogen) atoms. The molecule has 0 spiro atoms. The summed E-state index contributed by atoms with van der Waals surface area (Å²) in [4.78, 5) is 29.2. The van der Waals surface area contributed by atoms with Gasteiger partial charge in [-0.3, -0.25) is 9.59 Å². The first-order chi connectivity index (χ1) is 12.5. The third-order valence-corrected chi connectivity index (χ3v) is 5.06. The van der Waals surface area contributed by atoms with E-state index in [1.807, 2.05) is 82.0 Å². The number of nitrogens with zero attached hydrogens (tertiary/aromatic N) is 4. The SMILES string of the molecule is Cn1ccc(C(=O)N2CCN(C(=O)c3cn(C)c4ccccc34)CC2)c1. The van der Waals surface area contributed by atoms with Crippen LogP contribution in [-0.4, -0.2) is 56.9 Å². The summed E-state index contributed by atoms with van der Waals surface area (Å²) in [6.07, 6.45) is 5.60. The van der Waals surface area contributed by atoms with Crippen LogP contribution < -0.4 is 0 Å². The Labute approximate surface area is 152 Å². The topological polar surface area (TPSA) is 50.5 Å². The summed E-state index contributed by atoms with van der Waals surface area (Å²) < 4.78 is 3.85. The Morgan fingerprint density at radius 2 is 1.50 bits per heavy atom. The van der Waals surface area contributed by atoms with E-state index in [1.54, 1.807) is 0 Å². The molecule has 4 rings (SSSR count). The highest BCUT2D eigenvalue weighted by Crippen LogP contribution is 2.22. The number of aryl methyl sites for hydroxylation is 2. The van der Waals surface area contributed by atoms with Crippen molar-refractivity contribution >= 4 is 22.7 Å². The third-order valence-electron chi connectivity index (χ3n) is 5.06. The number of hydrogen-bond acceptors (Lipinski definition) is 2. The first-order valence-electron chi connectivity index (χ1n) is 8.79. The first-order valence-corrected chi connectivity index (χ1v) is 8.79. The molecule has 0 aliphatic carbocycles. The van der Waals surface area contributed by atoms with E-state index in [1.165, 1.54) is 0 Å². The summed E-state index contributed by atoms with van der Waals surface area (Å²) in [5, 5.41) is 0.975. The Hall–Kier alpha value is -3.02. The van der Waals surface area contributed by atoms with Crippen LogP contribution in [0.1, 0.15) is 20.7 Å². The lowest BCUT2D eigenvalue weighted by Crippen LogP contribution is -2.50. The predicted molar refractivity (Wildman–Crippen MR) is 100 cm³/mol. The van der Waals surface area contributed by atoms with Gasteiger partial charge in [-0.1, -0.05) is 18.2 Å². The number of aromatic nitrogens is 2. The maximum absolute atomic E-state index is 13.0. The molecule has 0 bridgehead atoms. The van der Waals surface area contributed by atoms with Crippen molar-refractivity contribution in [2.24, 2.45) is 14.1 Å². The molecule has 1 fully saturated rings. The Kier molecular flexibility index (Phi) is 4.03. The quantitative estimate of drug-likeness (QED) is 0.711. The second-order valence-electron chi connectivity index (χ2n) is 6.82. The van der Waals surface area contributed by atoms with Gasteiger partial charge in [0.25, 0.3) is 11.8 Å². The Morgan fingerprint density at radius 3 is 2.15 bits per heavy atom. The Bertz CT molecular complexity index is 977. The molecule has 1 saturated heterocycles. The van der Waals surface area contributed by atoms with Gasteiger partial charge in [0.2, 0.25) is 0 Å². The lowest BCUT2D eigenvalue weighted by Gasteiger charge is -2.34. The van der Waals surface area contributed by atoms with Gasteiger partial charge < -0.3 is 18.9 Å². The number of hydrogen-bond donors (Lipinski definition) is 0. The minimum absolute atomic E-state index is 0.0304. The summed E-state index contributed by atoms with van der Waals surface area (Å²) in [5.74, 6) is 0.0662. The molecular formula is C20H22N4O2. The second-order valence-corrected chi connectivity index (χ2v) is 6.82. The lowest BCUT2D eigenvalue weighted by molar-refractivity contribution is 0.0536. The number of fused-ring (bicyclic) bond motifs is 1. The Morgan fingerprint density at radius 1 is 0.846 bits per heavy atom. The van der Waals surface area contributed by atoms with E-state index < -0.39 is 0 Å². The molecule has 3 heterocycles. The summed E-state index contributed by atoms with van der Waals surface area (Å²) >= 11 is 0. The molecule has 0 atom stereocenters. The van der Waals surface area contributed by atoms with Gasteiger partial charge in [0, 0.05) is 69.8 Å². The van der Waals surface area contributed by atoms with E-state index in [0.717, 1.165) is 16.5 Å². The first kappa shape index (κ1) is 16.4. The van der Waals surface area contributed by atoms with Crippen LogP contribution in [0.15, 0.2) is 48.9 Å². The maximum Gasteiger partial charge on any atom is 0.256 e. The van der Waals surface area contributed by atoms with Crippen molar-refractivity contribution in [3.63, 3.8) is 0 Å². The number of carbonyl (C=O) groups excluding carboxylic acids is 2. The molecule has 0 radical (unpaired) electrons. The van der Waals surface area contributed by atoms with E-state index in [9.17, 15) is 9.59 Å². The van der Waals surface area contributed by atoms with Crippen molar-refractivity contribution in [1.29, 1.82) is 0 Å². The fraction of sp³-hybridized carbons (Fsp3) is 0.300. The van der Waals surface area contributed by atoms with Crippen molar-refractivity contribution in [1.82, 2.24) is 18.9 Å². The van der Waals surface area contributed by atoms with E-state index in [4.69, 9.17) is 0 Å². The van der Waals surface area contributed by atoms with Crippen LogP contribution in [0.5, 0.6) is 0 Å². The average Bonchev–Trinajstić information content (AvgIpc) is 3.25. The highest BCUT2D eigenvalue weighted by Gasteiger charge is 2.27. The van der Waals surface area contributed by atoms with Gasteiger partial charge in [-0.2, -0.15) is 0 Å². The number of amides is 2. The van der Waals surface area contributed by atoms with E-state index in [0.29, 0.717) is 31.7 Å². The highest BCUT2D eigenvalue weighted by molar-refractivity contribution is 6.07. The standard InChI is InChI=1S/C20H22N4O2/c1-21-8-7-15(13-21)19(25)23-9-11-24(12-10-23)20(26)17-14-22(2)18-6-4-3-5-16(17)18/h3-8,13-14H,9-12H2,1-2H3. The zero-order valence-electron chi connectivity index (χ0n) is 15.1. The molecular weight excluding hydrogens is 328 g/mol. The van der Waals surface area contributed by atoms with Crippen LogP contribution in [-0.2, 0) is 14.1 Å². The summed E-state index contributed by atoms with van der Waals surface area (Å²) in [7, 11) is 3.85. The zero-order valence-corrected chi connectivity index (χ0v) is 15.1. The fourth-order valence-corrected chi connectivity index (χ4v) is 3.61. The van der Waals surface area contributed by atoms with Crippen LogP contribution in [0.4, 0.5) is 0 Å². The molecule has 1 aliphatic heterocycles. The molecule has 1 aliphatic rings. The summed E-state index contributed by atoms with van der Waals surface area (Å²) in [6, 6.07) is 9.76. The lowest BCUT2D eigenvalue weighted by atomic mass is 10.1. The zero-order chi connectivity index (χ0) is 18.3. The van der Waals surface area contributed by atoms with Gasteiger partial charge in [0.05, 0.1) is 11.1 Å². The minimum atomic E-state index is 0.0304. The smallest absolute Gasteiger partial charge is 0.256 e. The van der Waals surface area contributed by atoms with Crippen LogP contribution in [0, 0.1) is 0 Å². The van der Waals surface area contributed by atoms with Crippen LogP contribution in [0.3, 0.4) is 0 Å². The number of rotatable bonds is 2. The number of piperazine rings is 1. The van der Waals surface area contributed by atoms with Gasteiger partial charge in [-0.15, -0.1) is 0 Å². The summed E-state index contributed by atoms with van der Waals surface area (Å²) in [5.41, 5.74) is 2.47. The monoisotopic (exact) mass is 350 g/mol. The van der Waals surface area contributed by atoms with Crippen LogP contribution in [0.2, 0.25) is 0 Å². The average molecular weight is 350 g/mol. The van der Waals surface area contributed by atoms with Gasteiger partial charge in [0.1, 0.15) is 0 Å². The molecule has 6 heteroatoms. The van der Waals surface area contributed by atoms with Gasteiger partial charge in [0.15, 0.2) is 0 Å². The van der Waals surface area contributed by atoms with Gasteiger partial charge in [-0.25, -0.2) is 0 Å². The molecule has 6 nitrogen and oxygen atoms in total. The fourth-order valence-electron chi connectivity index (χ4n) is 3.61. The summed E-state index contributed by atoms with van der Waals surface area (Å²) in [6.45, 7) is 2.23. The van der Waals surface area contributed by atoms with Crippen molar-refractivity contribution in [2.75, 3.05) is 26.2 Å². The second kappa shape index (κ2) is 6.37. The molecule has 134 valence electrons. The molecule has 0 saturated carbocycles. The minimum Gasteiger partial charge on any atom is -0.356 e. The van der Waals surface area contributed by atoms with Crippen molar-refractivity contribution in [3.05, 3.63) is 60.0 Å². The van der Waals surface area contributed by atoms with Gasteiger partial charge >= 0.3 is 0 Å². The van der Waals surface area contributed by atoms with E-state index in [2.05, 4.69) is 0 Å². The van der Waals surface area contributed by atoms with Gasteiger partial charge in [-0.05, 0) is 12.1 Å². The number of carbonyl (C=O) groups is 2. The van der Waals surface area contributed by atoms with E-state index in [-0.39, 0.29) is 11.8 Å². The third kappa shape index (κ3) is 2.77. The Balaban J connectivity index is 1.47. The highest BCUT2D eigenvalue weighted by atomic mass is 16.2. The molecule has 1 aromatic carbocycles. The predicted octanol–water partition coefficient (Wildman–Crippen LogP) is 2.11. The van der Waals surface area contributed by atoms with Crippen molar-refractivity contribution < 1.29 is 9.59 Å². The molecule has 0 N–H and O–H groups in total. The molecule has 3 aromatic rings. The van der Waals surface area contributed by atoms with Crippen LogP contribution >= 0.6 is 0 Å². The number of para-hydroxylation sites is 1. The van der Waals surface area contributed by atoms with Crippen LogP contribution in [0.25, 0.3) is 10.9 Å². The van der Waals surface area contributed by atoms with Crippen molar-refractivity contribution in [2.45, 2.75) is 0 Å². The van der Waals surface area contributed by atoms with E-state index >= 15 is 0 Å². The number of benzene rings is 1. The molecule has 2 aromatic heterocycles. The largest absolute Gasteiger partial charge is 0.356 e. The van der Waals surface area contributed by atoms with Crippen molar-refractivity contribution in [3.8, 4) is 0 Å².